The van der Waals surface area contributed by atoms with Crippen LogP contribution < -0.4 is 4.90 Å². The summed E-state index contributed by atoms with van der Waals surface area (Å²) in [5.74, 6) is 0.262. The van der Waals surface area contributed by atoms with Gasteiger partial charge in [-0.05, 0) is 42.7 Å². The molecule has 2 fully saturated rings. The Morgan fingerprint density at radius 3 is 2.42 bits per heavy atom. The van der Waals surface area contributed by atoms with Crippen molar-refractivity contribution < 1.29 is 19.1 Å². The van der Waals surface area contributed by atoms with Gasteiger partial charge in [0, 0.05) is 49.6 Å². The van der Waals surface area contributed by atoms with E-state index in [0.717, 1.165) is 5.56 Å². The van der Waals surface area contributed by atoms with E-state index < -0.39 is 11.5 Å². The maximum atomic E-state index is 13.5. The summed E-state index contributed by atoms with van der Waals surface area (Å²) >= 11 is 6.06. The van der Waals surface area contributed by atoms with Crippen molar-refractivity contribution in [3.05, 3.63) is 59.0 Å². The molecule has 0 spiro atoms. The average molecular weight is 475 g/mol. The third-order valence-corrected chi connectivity index (χ3v) is 7.36. The van der Waals surface area contributed by atoms with Gasteiger partial charge in [0.1, 0.15) is 11.6 Å². The number of likely N-dealkylation sites (tertiary alicyclic amines) is 1. The molecule has 1 N–H and O–H groups in total. The number of amides is 2. The first-order valence-corrected chi connectivity index (χ1v) is 11.4. The number of hydrogen-bond acceptors (Lipinski definition) is 4. The van der Waals surface area contributed by atoms with Gasteiger partial charge in [-0.3, -0.25) is 4.79 Å². The molecule has 0 unspecified atom stereocenters. The third kappa shape index (κ3) is 4.62. The summed E-state index contributed by atoms with van der Waals surface area (Å²) in [6.45, 7) is 4.12. The third-order valence-electron chi connectivity index (χ3n) is 7.11. The summed E-state index contributed by atoms with van der Waals surface area (Å²) < 4.78 is 13.2. The van der Waals surface area contributed by atoms with Gasteiger partial charge in [0.25, 0.3) is 0 Å². The number of piperidine rings is 1. The van der Waals surface area contributed by atoms with Crippen molar-refractivity contribution >= 4 is 29.4 Å². The van der Waals surface area contributed by atoms with Gasteiger partial charge in [0.2, 0.25) is 5.91 Å². The number of hydrogen-bond donors (Lipinski definition) is 1. The van der Waals surface area contributed by atoms with Crippen LogP contribution in [0.1, 0.15) is 25.3 Å². The largest absolute Gasteiger partial charge is 0.465 e. The molecule has 9 heteroatoms. The van der Waals surface area contributed by atoms with E-state index in [1.807, 2.05) is 24.0 Å². The van der Waals surface area contributed by atoms with Gasteiger partial charge in [-0.25, -0.2) is 14.2 Å². The minimum Gasteiger partial charge on any atom is -0.465 e. The Morgan fingerprint density at radius 2 is 1.85 bits per heavy atom. The van der Waals surface area contributed by atoms with Crippen molar-refractivity contribution in [3.8, 4) is 0 Å². The Bertz CT molecular complexity index is 1010. The highest BCUT2D eigenvalue weighted by atomic mass is 35.5. The molecule has 2 saturated heterocycles. The number of carbonyl (C=O) groups is 2. The zero-order valence-electron chi connectivity index (χ0n) is 18.7. The number of aromatic nitrogens is 1. The van der Waals surface area contributed by atoms with Crippen molar-refractivity contribution in [1.29, 1.82) is 0 Å². The zero-order valence-corrected chi connectivity index (χ0v) is 19.5. The van der Waals surface area contributed by atoms with Crippen LogP contribution in [0.5, 0.6) is 0 Å². The lowest BCUT2D eigenvalue weighted by Crippen LogP contribution is -2.48. The van der Waals surface area contributed by atoms with E-state index in [2.05, 4.69) is 9.88 Å². The molecule has 2 amide bonds. The molecule has 0 saturated carbocycles. The number of likely N-dealkylation sites (N-methyl/N-ethyl adjacent to an activating group) is 1. The van der Waals surface area contributed by atoms with Crippen LogP contribution in [-0.2, 0) is 10.2 Å². The van der Waals surface area contributed by atoms with Crippen molar-refractivity contribution in [2.24, 2.45) is 5.92 Å². The smallest absolute Gasteiger partial charge is 0.407 e. The van der Waals surface area contributed by atoms with Gasteiger partial charge in [-0.15, -0.1) is 0 Å². The topological polar surface area (TPSA) is 77.0 Å². The van der Waals surface area contributed by atoms with E-state index in [1.54, 1.807) is 25.2 Å². The first-order chi connectivity index (χ1) is 15.7. The molecule has 1 aromatic carbocycles. The maximum absolute atomic E-state index is 13.5. The number of pyridine rings is 1. The van der Waals surface area contributed by atoms with Gasteiger partial charge in [-0.1, -0.05) is 30.7 Å². The second-order valence-corrected chi connectivity index (χ2v) is 9.58. The fraction of sp³-hybridized carbons (Fsp3) is 0.458. The van der Waals surface area contributed by atoms with E-state index in [4.69, 9.17) is 11.6 Å². The molecule has 2 aliphatic heterocycles. The Balaban J connectivity index is 1.48. The molecule has 0 bridgehead atoms. The fourth-order valence-corrected chi connectivity index (χ4v) is 5.24. The molecule has 4 rings (SSSR count). The summed E-state index contributed by atoms with van der Waals surface area (Å²) in [5, 5.41) is 10.3. The van der Waals surface area contributed by atoms with E-state index in [0.29, 0.717) is 49.9 Å². The van der Waals surface area contributed by atoms with Crippen LogP contribution in [0.4, 0.5) is 15.0 Å². The molecule has 176 valence electrons. The predicted molar refractivity (Wildman–Crippen MR) is 124 cm³/mol. The molecular formula is C24H28ClFN4O3. The van der Waals surface area contributed by atoms with Crippen molar-refractivity contribution in [1.82, 2.24) is 14.8 Å². The van der Waals surface area contributed by atoms with E-state index in [1.165, 1.54) is 17.2 Å². The first kappa shape index (κ1) is 23.3. The van der Waals surface area contributed by atoms with Crippen molar-refractivity contribution in [2.45, 2.75) is 31.2 Å². The normalized spacial score (nSPS) is 23.6. The van der Waals surface area contributed by atoms with Crippen molar-refractivity contribution in [3.63, 3.8) is 0 Å². The second kappa shape index (κ2) is 9.17. The highest BCUT2D eigenvalue weighted by molar-refractivity contribution is 6.30. The Labute approximate surface area is 197 Å². The van der Waals surface area contributed by atoms with Crippen LogP contribution in [0.15, 0.2) is 42.6 Å². The number of rotatable bonds is 4. The standard InChI is InChI=1S/C24H28ClFN4O3/c1-24(17-3-5-18(25)6-4-17)15-30(14-20(24)28(2)23(32)33)22(31)16-9-11-29(12-10-16)21-8-7-19(26)13-27-21/h3-8,13,16,20H,9-12,14-15H2,1-2H3,(H,32,33)/t20-,24+/m1/s1. The van der Waals surface area contributed by atoms with Crippen molar-refractivity contribution in [2.75, 3.05) is 38.1 Å². The summed E-state index contributed by atoms with van der Waals surface area (Å²) in [5.41, 5.74) is 0.407. The molecular weight excluding hydrogens is 447 g/mol. The van der Waals surface area contributed by atoms with Crippen LogP contribution in [-0.4, -0.2) is 71.2 Å². The minimum absolute atomic E-state index is 0.0585. The highest BCUT2D eigenvalue weighted by Gasteiger charge is 2.49. The van der Waals surface area contributed by atoms with E-state index >= 15 is 0 Å². The van der Waals surface area contributed by atoms with Crippen LogP contribution in [0.2, 0.25) is 5.02 Å². The lowest BCUT2D eigenvalue weighted by Gasteiger charge is -2.35. The summed E-state index contributed by atoms with van der Waals surface area (Å²) in [6, 6.07) is 10.1. The number of anilines is 1. The summed E-state index contributed by atoms with van der Waals surface area (Å²) in [7, 11) is 1.56. The molecule has 33 heavy (non-hydrogen) atoms. The molecule has 2 aliphatic rings. The molecule has 1 aromatic heterocycles. The van der Waals surface area contributed by atoms with Crippen LogP contribution in [0, 0.1) is 11.7 Å². The Hall–Kier alpha value is -2.87. The van der Waals surface area contributed by atoms with Crippen LogP contribution in [0.3, 0.4) is 0 Å². The quantitative estimate of drug-likeness (QED) is 0.728. The molecule has 3 heterocycles. The average Bonchev–Trinajstić information content (AvgIpc) is 3.17. The monoisotopic (exact) mass is 474 g/mol. The number of nitrogens with zero attached hydrogens (tertiary/aromatic N) is 4. The molecule has 2 aromatic rings. The number of carbonyl (C=O) groups excluding carboxylic acids is 1. The lowest BCUT2D eigenvalue weighted by atomic mass is 9.77. The van der Waals surface area contributed by atoms with Gasteiger partial charge in [0.15, 0.2) is 0 Å². The van der Waals surface area contributed by atoms with Gasteiger partial charge >= 0.3 is 6.09 Å². The van der Waals surface area contributed by atoms with Crippen LogP contribution >= 0.6 is 11.6 Å². The maximum Gasteiger partial charge on any atom is 0.407 e. The Morgan fingerprint density at radius 1 is 1.18 bits per heavy atom. The first-order valence-electron chi connectivity index (χ1n) is 11.1. The van der Waals surface area contributed by atoms with Gasteiger partial charge in [0.05, 0.1) is 12.2 Å². The highest BCUT2D eigenvalue weighted by Crippen LogP contribution is 2.39. The van der Waals surface area contributed by atoms with E-state index in [9.17, 15) is 19.1 Å². The SMILES string of the molecule is CN(C(=O)O)[C@@H]1CN(C(=O)C2CCN(c3ccc(F)cn3)CC2)C[C@@]1(C)c1ccc(Cl)cc1. The lowest BCUT2D eigenvalue weighted by molar-refractivity contribution is -0.135. The van der Waals surface area contributed by atoms with Gasteiger partial charge in [-0.2, -0.15) is 0 Å². The molecule has 2 atom stereocenters. The molecule has 0 radical (unpaired) electrons. The molecule has 7 nitrogen and oxygen atoms in total. The van der Waals surface area contributed by atoms with Gasteiger partial charge < -0.3 is 19.8 Å². The number of halogens is 2. The van der Waals surface area contributed by atoms with Crippen LogP contribution in [0.25, 0.3) is 0 Å². The summed E-state index contributed by atoms with van der Waals surface area (Å²) in [6.07, 6.45) is 1.53. The number of benzene rings is 1. The predicted octanol–water partition coefficient (Wildman–Crippen LogP) is 3.87. The number of carboxylic acid groups (broad SMARTS) is 1. The fourth-order valence-electron chi connectivity index (χ4n) is 5.11. The van der Waals surface area contributed by atoms with E-state index in [-0.39, 0.29) is 23.7 Å². The Kier molecular flexibility index (Phi) is 6.47. The molecule has 0 aliphatic carbocycles. The second-order valence-electron chi connectivity index (χ2n) is 9.15. The zero-order chi connectivity index (χ0) is 23.8. The minimum atomic E-state index is -1.02. The summed E-state index contributed by atoms with van der Waals surface area (Å²) in [4.78, 5) is 34.6.